The zero-order valence-electron chi connectivity index (χ0n) is 17.0. The van der Waals surface area contributed by atoms with Crippen molar-refractivity contribution in [1.82, 2.24) is 18.8 Å². The van der Waals surface area contributed by atoms with Crippen molar-refractivity contribution in [2.24, 2.45) is 0 Å². The topological polar surface area (TPSA) is 121 Å². The van der Waals surface area contributed by atoms with Crippen LogP contribution < -0.4 is 10.9 Å². The Morgan fingerprint density at radius 3 is 2.57 bits per heavy atom. The molecule has 3 heterocycles. The molecule has 4 rings (SSSR count). The van der Waals surface area contributed by atoms with E-state index in [0.717, 1.165) is 31.1 Å². The number of fused-ring (bicyclic) bond motifs is 1. The molecule has 160 valence electrons. The van der Waals surface area contributed by atoms with Crippen molar-refractivity contribution in [2.75, 3.05) is 24.7 Å². The van der Waals surface area contributed by atoms with Crippen LogP contribution in [0, 0.1) is 11.3 Å². The molecule has 1 aliphatic heterocycles. The fourth-order valence-electron chi connectivity index (χ4n) is 4.47. The molecule has 0 atom stereocenters. The van der Waals surface area contributed by atoms with Gasteiger partial charge in [-0.25, -0.2) is 17.7 Å². The van der Waals surface area contributed by atoms with E-state index in [9.17, 15) is 13.2 Å². The van der Waals surface area contributed by atoms with Gasteiger partial charge in [-0.15, -0.1) is 0 Å². The van der Waals surface area contributed by atoms with Crippen LogP contribution in [0.15, 0.2) is 17.1 Å². The number of sulfonamides is 1. The average Bonchev–Trinajstić information content (AvgIpc) is 3.23. The first-order valence-electron chi connectivity index (χ1n) is 10.4. The molecule has 0 bridgehead atoms. The Hall–Kier alpha value is -2.51. The minimum atomic E-state index is -3.17. The molecule has 1 aliphatic carbocycles. The molecule has 2 fully saturated rings. The van der Waals surface area contributed by atoms with Crippen LogP contribution >= 0.6 is 0 Å². The molecule has 2 aliphatic rings. The first-order valence-corrected chi connectivity index (χ1v) is 12.2. The maximum atomic E-state index is 13.1. The Balaban J connectivity index is 1.63. The van der Waals surface area contributed by atoms with Crippen LogP contribution in [-0.4, -0.2) is 52.6 Å². The molecule has 1 saturated heterocycles. The van der Waals surface area contributed by atoms with E-state index in [2.05, 4.69) is 21.4 Å². The number of nitriles is 1. The van der Waals surface area contributed by atoms with Gasteiger partial charge in [0.25, 0.3) is 5.56 Å². The SMILES string of the molecule is CS(=O)(=O)N1CCC(Nc2ncc3cc(CC#N)c(=O)n(C4CCCC4)c3n2)CC1. The lowest BCUT2D eigenvalue weighted by Crippen LogP contribution is -2.42. The molecular formula is C20H26N6O3S. The third-order valence-electron chi connectivity index (χ3n) is 6.06. The maximum Gasteiger partial charge on any atom is 0.256 e. The molecule has 0 radical (unpaired) electrons. The number of pyridine rings is 1. The Bertz CT molecular complexity index is 1140. The van der Waals surface area contributed by atoms with Crippen LogP contribution in [0.4, 0.5) is 5.95 Å². The number of nitrogens with one attached hydrogen (secondary N) is 1. The Morgan fingerprint density at radius 2 is 1.93 bits per heavy atom. The van der Waals surface area contributed by atoms with Gasteiger partial charge in [0.05, 0.1) is 18.7 Å². The Kier molecular flexibility index (Phi) is 5.75. The lowest BCUT2D eigenvalue weighted by atomic mass is 10.1. The molecular weight excluding hydrogens is 404 g/mol. The quantitative estimate of drug-likeness (QED) is 0.768. The number of anilines is 1. The zero-order chi connectivity index (χ0) is 21.3. The lowest BCUT2D eigenvalue weighted by molar-refractivity contribution is 0.331. The van der Waals surface area contributed by atoms with Gasteiger partial charge in [0.15, 0.2) is 0 Å². The van der Waals surface area contributed by atoms with E-state index >= 15 is 0 Å². The van der Waals surface area contributed by atoms with Gasteiger partial charge in [0.1, 0.15) is 5.65 Å². The lowest BCUT2D eigenvalue weighted by Gasteiger charge is -2.30. The maximum absolute atomic E-state index is 13.1. The summed E-state index contributed by atoms with van der Waals surface area (Å²) in [4.78, 5) is 22.1. The third-order valence-corrected chi connectivity index (χ3v) is 7.37. The minimum absolute atomic E-state index is 0.0698. The van der Waals surface area contributed by atoms with Gasteiger partial charge in [-0.1, -0.05) is 12.8 Å². The molecule has 0 aromatic carbocycles. The summed E-state index contributed by atoms with van der Waals surface area (Å²) in [5.41, 5.74) is 0.941. The van der Waals surface area contributed by atoms with E-state index in [-0.39, 0.29) is 24.1 Å². The number of aromatic nitrogens is 3. The first kappa shape index (κ1) is 20.8. The summed E-state index contributed by atoms with van der Waals surface area (Å²) in [6.45, 7) is 0.933. The highest BCUT2D eigenvalue weighted by atomic mass is 32.2. The summed E-state index contributed by atoms with van der Waals surface area (Å²) in [6, 6.07) is 3.97. The zero-order valence-corrected chi connectivity index (χ0v) is 17.9. The van der Waals surface area contributed by atoms with E-state index in [4.69, 9.17) is 5.26 Å². The summed E-state index contributed by atoms with van der Waals surface area (Å²) in [5, 5.41) is 13.2. The van der Waals surface area contributed by atoms with Gasteiger partial charge < -0.3 is 5.32 Å². The number of hydrogen-bond donors (Lipinski definition) is 1. The fourth-order valence-corrected chi connectivity index (χ4v) is 5.35. The largest absolute Gasteiger partial charge is 0.351 e. The Labute approximate surface area is 175 Å². The van der Waals surface area contributed by atoms with Crippen LogP contribution in [0.3, 0.4) is 0 Å². The van der Waals surface area contributed by atoms with Crippen LogP contribution in [0.25, 0.3) is 11.0 Å². The number of nitrogens with zero attached hydrogens (tertiary/aromatic N) is 5. The van der Waals surface area contributed by atoms with Crippen molar-refractivity contribution in [3.05, 3.63) is 28.2 Å². The second-order valence-electron chi connectivity index (χ2n) is 8.17. The molecule has 9 nitrogen and oxygen atoms in total. The van der Waals surface area contributed by atoms with Gasteiger partial charge >= 0.3 is 0 Å². The average molecular weight is 431 g/mol. The summed E-state index contributed by atoms with van der Waals surface area (Å²) in [6.07, 6.45) is 8.37. The van der Waals surface area contributed by atoms with E-state index in [1.54, 1.807) is 16.8 Å². The van der Waals surface area contributed by atoms with E-state index in [1.807, 2.05) is 0 Å². The summed E-state index contributed by atoms with van der Waals surface area (Å²) in [7, 11) is -3.17. The summed E-state index contributed by atoms with van der Waals surface area (Å²) < 4.78 is 26.6. The second kappa shape index (κ2) is 8.32. The third kappa shape index (κ3) is 4.18. The predicted molar refractivity (Wildman–Crippen MR) is 114 cm³/mol. The van der Waals surface area contributed by atoms with Gasteiger partial charge in [-0.05, 0) is 31.7 Å². The van der Waals surface area contributed by atoms with Crippen molar-refractivity contribution >= 4 is 27.0 Å². The van der Waals surface area contributed by atoms with Gasteiger partial charge in [0, 0.05) is 42.3 Å². The molecule has 0 spiro atoms. The summed E-state index contributed by atoms with van der Waals surface area (Å²) in [5.74, 6) is 0.444. The highest BCUT2D eigenvalue weighted by Crippen LogP contribution is 2.31. The van der Waals surface area contributed by atoms with Crippen molar-refractivity contribution in [3.63, 3.8) is 0 Å². The molecule has 1 N–H and O–H groups in total. The molecule has 2 aromatic rings. The van der Waals surface area contributed by atoms with E-state index in [0.29, 0.717) is 43.1 Å². The van der Waals surface area contributed by atoms with E-state index in [1.165, 1.54) is 10.6 Å². The van der Waals surface area contributed by atoms with Crippen molar-refractivity contribution in [3.8, 4) is 6.07 Å². The highest BCUT2D eigenvalue weighted by Gasteiger charge is 2.26. The molecule has 0 unspecified atom stereocenters. The van der Waals surface area contributed by atoms with Gasteiger partial charge in [-0.2, -0.15) is 10.2 Å². The molecule has 10 heteroatoms. The summed E-state index contributed by atoms with van der Waals surface area (Å²) >= 11 is 0. The van der Waals surface area contributed by atoms with Crippen LogP contribution in [0.5, 0.6) is 0 Å². The molecule has 2 aromatic heterocycles. The standard InChI is InChI=1S/C20H26N6O3S/c1-30(28,29)25-10-7-16(8-11-25)23-20-22-13-15-12-14(6-9-21)19(27)26(18(15)24-20)17-4-2-3-5-17/h12-13,16-17H,2-8,10-11H2,1H3,(H,22,23,24). The van der Waals surface area contributed by atoms with Crippen molar-refractivity contribution in [1.29, 1.82) is 5.26 Å². The smallest absolute Gasteiger partial charge is 0.256 e. The number of hydrogen-bond acceptors (Lipinski definition) is 7. The second-order valence-corrected chi connectivity index (χ2v) is 10.2. The van der Waals surface area contributed by atoms with E-state index < -0.39 is 10.0 Å². The highest BCUT2D eigenvalue weighted by molar-refractivity contribution is 7.88. The van der Waals surface area contributed by atoms with Crippen LogP contribution in [0.1, 0.15) is 50.1 Å². The first-order chi connectivity index (χ1) is 14.4. The van der Waals surface area contributed by atoms with Gasteiger partial charge in [-0.3, -0.25) is 9.36 Å². The number of piperidine rings is 1. The van der Waals surface area contributed by atoms with Crippen molar-refractivity contribution in [2.45, 2.75) is 57.0 Å². The van der Waals surface area contributed by atoms with Crippen LogP contribution in [0.2, 0.25) is 0 Å². The predicted octanol–water partition coefficient (Wildman–Crippen LogP) is 1.81. The Morgan fingerprint density at radius 1 is 1.23 bits per heavy atom. The fraction of sp³-hybridized carbons (Fsp3) is 0.600. The monoisotopic (exact) mass is 430 g/mol. The minimum Gasteiger partial charge on any atom is -0.351 e. The number of rotatable bonds is 5. The molecule has 30 heavy (non-hydrogen) atoms. The van der Waals surface area contributed by atoms with Crippen molar-refractivity contribution < 1.29 is 8.42 Å². The molecule has 1 saturated carbocycles. The van der Waals surface area contributed by atoms with Crippen LogP contribution in [-0.2, 0) is 16.4 Å². The van der Waals surface area contributed by atoms with Gasteiger partial charge in [0.2, 0.25) is 16.0 Å². The molecule has 0 amide bonds. The normalized spacial score (nSPS) is 19.2.